The Morgan fingerprint density at radius 3 is 1.38 bits per heavy atom. The lowest BCUT2D eigenvalue weighted by molar-refractivity contribution is 0.345. The maximum absolute atomic E-state index is 9.51. The first kappa shape index (κ1) is 16.7. The van der Waals surface area contributed by atoms with Crippen LogP contribution in [0.15, 0.2) is 72.8 Å². The molecule has 0 saturated heterocycles. The molecule has 2 nitrogen and oxygen atoms in total. The summed E-state index contributed by atoms with van der Waals surface area (Å²) >= 11 is 0. The van der Waals surface area contributed by atoms with Crippen LogP contribution in [0.5, 0.6) is 11.5 Å². The van der Waals surface area contributed by atoms with Crippen molar-refractivity contribution < 1.29 is 10.2 Å². The van der Waals surface area contributed by atoms with Crippen molar-refractivity contribution in [1.82, 2.24) is 0 Å². The van der Waals surface area contributed by atoms with Gasteiger partial charge in [-0.2, -0.15) is 0 Å². The third-order valence-corrected chi connectivity index (χ3v) is 5.66. The van der Waals surface area contributed by atoms with E-state index >= 15 is 0 Å². The summed E-state index contributed by atoms with van der Waals surface area (Å²) in [5, 5.41) is 19.0. The summed E-state index contributed by atoms with van der Waals surface area (Å²) in [7, 11) is 0. The monoisotopic (exact) mass is 344 g/mol. The van der Waals surface area contributed by atoms with Crippen molar-refractivity contribution in [3.63, 3.8) is 0 Å². The van der Waals surface area contributed by atoms with Crippen LogP contribution in [0.1, 0.15) is 43.2 Å². The molecule has 0 bridgehead atoms. The number of phenols is 2. The van der Waals surface area contributed by atoms with Gasteiger partial charge in [-0.15, -0.1) is 0 Å². The highest BCUT2D eigenvalue weighted by molar-refractivity contribution is 5.80. The van der Waals surface area contributed by atoms with E-state index in [0.29, 0.717) is 11.5 Å². The SMILES string of the molecule is Oc1ccc(C2(c3ccc(O)cc3)CCCCC2)cc1.c1cc2cc-2c1. The van der Waals surface area contributed by atoms with Crippen LogP contribution in [-0.2, 0) is 5.41 Å². The zero-order valence-corrected chi connectivity index (χ0v) is 14.9. The van der Waals surface area contributed by atoms with Gasteiger partial charge in [0.2, 0.25) is 0 Å². The van der Waals surface area contributed by atoms with E-state index in [0.717, 1.165) is 12.8 Å². The topological polar surface area (TPSA) is 40.5 Å². The molecule has 132 valence electrons. The number of aromatic hydroxyl groups is 2. The second kappa shape index (κ2) is 6.87. The van der Waals surface area contributed by atoms with Crippen molar-refractivity contribution >= 4 is 0 Å². The van der Waals surface area contributed by atoms with E-state index in [1.54, 1.807) is 24.3 Å². The number of hydrogen-bond donors (Lipinski definition) is 2. The molecule has 0 heterocycles. The van der Waals surface area contributed by atoms with Crippen LogP contribution < -0.4 is 0 Å². The maximum Gasteiger partial charge on any atom is 0.115 e. The van der Waals surface area contributed by atoms with Crippen molar-refractivity contribution in [2.24, 2.45) is 0 Å². The third kappa shape index (κ3) is 3.32. The Balaban J connectivity index is 0.000000233. The molecule has 0 amide bonds. The van der Waals surface area contributed by atoms with Crippen molar-refractivity contribution in [1.29, 1.82) is 0 Å². The quantitative estimate of drug-likeness (QED) is 0.467. The van der Waals surface area contributed by atoms with Gasteiger partial charge in [-0.25, -0.2) is 0 Å². The third-order valence-electron chi connectivity index (χ3n) is 5.66. The number of fused-ring (bicyclic) bond motifs is 1. The maximum atomic E-state index is 9.51. The minimum absolute atomic E-state index is 0.0274. The van der Waals surface area contributed by atoms with Gasteiger partial charge in [0.05, 0.1) is 0 Å². The van der Waals surface area contributed by atoms with Crippen LogP contribution in [0, 0.1) is 0 Å². The van der Waals surface area contributed by atoms with Gasteiger partial charge in [0, 0.05) is 5.41 Å². The van der Waals surface area contributed by atoms with Gasteiger partial charge in [0.25, 0.3) is 0 Å². The van der Waals surface area contributed by atoms with E-state index < -0.39 is 0 Å². The summed E-state index contributed by atoms with van der Waals surface area (Å²) in [6.45, 7) is 0. The summed E-state index contributed by atoms with van der Waals surface area (Å²) in [6.07, 6.45) is 5.99. The highest BCUT2D eigenvalue weighted by Crippen LogP contribution is 2.45. The van der Waals surface area contributed by atoms with Crippen LogP contribution in [0.3, 0.4) is 0 Å². The van der Waals surface area contributed by atoms with E-state index in [9.17, 15) is 10.2 Å². The molecule has 0 atom stereocenters. The molecule has 0 unspecified atom stereocenters. The molecule has 2 aromatic rings. The Morgan fingerprint density at radius 1 is 0.577 bits per heavy atom. The average molecular weight is 344 g/mol. The standard InChI is InChI=1S/C18H20O2.C6H4/c19-16-8-4-14(5-9-16)18(12-2-1-3-13-18)15-6-10-17(20)11-7-15;1-2-5-4-6(5)3-1/h4-11,19-20H,1-3,12-13H2;1-4H. The highest BCUT2D eigenvalue weighted by Gasteiger charge is 2.35. The first-order valence-corrected chi connectivity index (χ1v) is 9.37. The van der Waals surface area contributed by atoms with Gasteiger partial charge in [0.15, 0.2) is 0 Å². The molecule has 0 aliphatic heterocycles. The van der Waals surface area contributed by atoms with Crippen LogP contribution >= 0.6 is 0 Å². The molecule has 3 aliphatic rings. The first-order valence-electron chi connectivity index (χ1n) is 9.37. The smallest absolute Gasteiger partial charge is 0.115 e. The summed E-state index contributed by atoms with van der Waals surface area (Å²) < 4.78 is 0. The zero-order chi connectivity index (χ0) is 18.0. The van der Waals surface area contributed by atoms with Crippen LogP contribution in [-0.4, -0.2) is 10.2 Å². The van der Waals surface area contributed by atoms with E-state index in [-0.39, 0.29) is 5.41 Å². The normalized spacial score (nSPS) is 16.3. The Morgan fingerprint density at radius 2 is 1.04 bits per heavy atom. The van der Waals surface area contributed by atoms with Gasteiger partial charge < -0.3 is 10.2 Å². The fourth-order valence-electron chi connectivity index (χ4n) is 4.14. The molecule has 5 rings (SSSR count). The molecular weight excluding hydrogens is 320 g/mol. The number of hydrogen-bond acceptors (Lipinski definition) is 2. The van der Waals surface area contributed by atoms with Crippen molar-refractivity contribution in [3.8, 4) is 22.6 Å². The summed E-state index contributed by atoms with van der Waals surface area (Å²) in [5.41, 5.74) is 5.41. The lowest BCUT2D eigenvalue weighted by Gasteiger charge is -2.38. The van der Waals surface area contributed by atoms with Crippen molar-refractivity contribution in [3.05, 3.63) is 83.9 Å². The van der Waals surface area contributed by atoms with Gasteiger partial charge >= 0.3 is 0 Å². The Labute approximate surface area is 154 Å². The highest BCUT2D eigenvalue weighted by atomic mass is 16.3. The number of benzene rings is 3. The summed E-state index contributed by atoms with van der Waals surface area (Å²) in [5.74, 6) is 0.621. The number of phenolic OH excluding ortho intramolecular Hbond substituents is 2. The van der Waals surface area contributed by atoms with E-state index in [1.807, 2.05) is 24.3 Å². The molecule has 1 saturated carbocycles. The molecule has 0 aromatic heterocycles. The Bertz CT molecular complexity index is 808. The second-order valence-electron chi connectivity index (χ2n) is 7.32. The second-order valence-corrected chi connectivity index (χ2v) is 7.32. The molecule has 2 heteroatoms. The van der Waals surface area contributed by atoms with E-state index in [4.69, 9.17) is 0 Å². The minimum atomic E-state index is 0.0274. The molecule has 0 radical (unpaired) electrons. The minimum Gasteiger partial charge on any atom is -0.508 e. The number of rotatable bonds is 2. The predicted octanol–water partition coefficient (Wildman–Crippen LogP) is 6.02. The largest absolute Gasteiger partial charge is 0.508 e. The van der Waals surface area contributed by atoms with Gasteiger partial charge in [-0.05, 0) is 65.4 Å². The van der Waals surface area contributed by atoms with Crippen LogP contribution in [0.2, 0.25) is 0 Å². The summed E-state index contributed by atoms with van der Waals surface area (Å²) in [6, 6.07) is 23.7. The summed E-state index contributed by atoms with van der Waals surface area (Å²) in [4.78, 5) is 0. The van der Waals surface area contributed by atoms with Crippen LogP contribution in [0.4, 0.5) is 0 Å². The first-order chi connectivity index (χ1) is 12.7. The van der Waals surface area contributed by atoms with Gasteiger partial charge in [0.1, 0.15) is 11.5 Å². The fourth-order valence-corrected chi connectivity index (χ4v) is 4.14. The van der Waals surface area contributed by atoms with Gasteiger partial charge in [-0.1, -0.05) is 61.7 Å². The van der Waals surface area contributed by atoms with E-state index in [2.05, 4.69) is 24.3 Å². The Kier molecular flexibility index (Phi) is 4.42. The zero-order valence-electron chi connectivity index (χ0n) is 14.9. The lowest BCUT2D eigenvalue weighted by atomic mass is 9.65. The Hall–Kier alpha value is -2.74. The molecule has 3 aliphatic carbocycles. The molecule has 0 spiro atoms. The van der Waals surface area contributed by atoms with Crippen molar-refractivity contribution in [2.45, 2.75) is 37.5 Å². The fraction of sp³-hybridized carbons (Fsp3) is 0.250. The van der Waals surface area contributed by atoms with Crippen molar-refractivity contribution in [2.75, 3.05) is 0 Å². The lowest BCUT2D eigenvalue weighted by Crippen LogP contribution is -2.30. The van der Waals surface area contributed by atoms with Gasteiger partial charge in [-0.3, -0.25) is 0 Å². The molecule has 2 N–H and O–H groups in total. The molecular formula is C24H24O2. The molecule has 26 heavy (non-hydrogen) atoms. The predicted molar refractivity (Wildman–Crippen MR) is 106 cm³/mol. The average Bonchev–Trinajstić information content (AvgIpc) is 3.29. The van der Waals surface area contributed by atoms with E-state index in [1.165, 1.54) is 41.5 Å². The molecule has 2 aromatic carbocycles. The van der Waals surface area contributed by atoms with Crippen LogP contribution in [0.25, 0.3) is 11.1 Å². The molecule has 1 fully saturated rings.